The molecule has 3 N–H and O–H groups in total. The van der Waals surface area contributed by atoms with Crippen LogP contribution in [0.1, 0.15) is 6.92 Å². The first-order valence-corrected chi connectivity index (χ1v) is 1.58. The fourth-order valence-corrected chi connectivity index (χ4v) is 0. The maximum atomic E-state index is 9.00. The van der Waals surface area contributed by atoms with E-state index in [0.717, 1.165) is 6.92 Å². The first-order chi connectivity index (χ1) is 3.46. The summed E-state index contributed by atoms with van der Waals surface area (Å²) in [5.74, 6) is -0.833. The quantitative estimate of drug-likeness (QED) is 0.413. The summed E-state index contributed by atoms with van der Waals surface area (Å²) in [6, 6.07) is 0. The second-order valence-electron chi connectivity index (χ2n) is 0.802. The third-order valence-electron chi connectivity index (χ3n) is 0. The van der Waals surface area contributed by atoms with E-state index in [9.17, 15) is 0 Å². The molecular weight excluding hydrogens is 179 g/mol. The fraction of sp³-hybridized carbons (Fsp3) is 0.333. The van der Waals surface area contributed by atoms with Gasteiger partial charge >= 0.3 is 80.6 Å². The van der Waals surface area contributed by atoms with Gasteiger partial charge in [0, 0.05) is 6.92 Å². The van der Waals surface area contributed by atoms with E-state index >= 15 is 0 Å². The molecule has 10 heavy (non-hydrogen) atoms. The van der Waals surface area contributed by atoms with Crippen LogP contribution in [0.25, 0.3) is 0 Å². The Morgan fingerprint density at radius 1 is 1.10 bits per heavy atom. The van der Waals surface area contributed by atoms with Gasteiger partial charge in [-0.25, -0.2) is 4.79 Å². The topological polar surface area (TPSA) is 94.8 Å². The first kappa shape index (κ1) is 22.5. The predicted octanol–water partition coefficient (Wildman–Crippen LogP) is -1.25. The minimum absolute atomic E-state index is 0. The van der Waals surface area contributed by atoms with Crippen molar-refractivity contribution in [2.24, 2.45) is 0 Å². The standard InChI is InChI=1S/C2H4O2.CH2O3.K.Mg.3H/c1-2(3)4;2-1(3)4;;;;;/h1H3,(H,3,4);(H2,2,3,4);;;;;. The van der Waals surface area contributed by atoms with E-state index in [1.165, 1.54) is 0 Å². The van der Waals surface area contributed by atoms with Crippen molar-refractivity contribution < 1.29 is 24.9 Å². The van der Waals surface area contributed by atoms with Crippen LogP contribution in [0.4, 0.5) is 4.79 Å². The molecule has 0 aromatic rings. The van der Waals surface area contributed by atoms with Crippen molar-refractivity contribution in [3.05, 3.63) is 0 Å². The average Bonchev–Trinajstić information content (AvgIpc) is 1.25. The molecule has 0 unspecified atom stereocenters. The number of carboxylic acids is 1. The van der Waals surface area contributed by atoms with Crippen LogP contribution < -0.4 is 0 Å². The van der Waals surface area contributed by atoms with Crippen molar-refractivity contribution in [3.63, 3.8) is 0 Å². The van der Waals surface area contributed by atoms with Gasteiger partial charge in [-0.2, -0.15) is 0 Å². The zero-order chi connectivity index (χ0) is 7.15. The molecule has 0 spiro atoms. The zero-order valence-electron chi connectivity index (χ0n) is 4.16. The van der Waals surface area contributed by atoms with Crippen molar-refractivity contribution in [1.29, 1.82) is 0 Å². The molecule has 0 amide bonds. The number of carboxylic acid groups (broad SMARTS) is 3. The van der Waals surface area contributed by atoms with Crippen LogP contribution in [-0.4, -0.2) is 102 Å². The Labute approximate surface area is 116 Å². The van der Waals surface area contributed by atoms with Crippen LogP contribution in [0.5, 0.6) is 0 Å². The summed E-state index contributed by atoms with van der Waals surface area (Å²) in [4.78, 5) is 17.6. The van der Waals surface area contributed by atoms with Gasteiger partial charge < -0.3 is 15.3 Å². The molecule has 0 heterocycles. The molecule has 0 saturated heterocycles. The van der Waals surface area contributed by atoms with Crippen LogP contribution in [0.3, 0.4) is 0 Å². The monoisotopic (exact) mass is 188 g/mol. The van der Waals surface area contributed by atoms with Gasteiger partial charge in [0.15, 0.2) is 0 Å². The minimum Gasteiger partial charge on any atom is 0.316 e. The number of aliphatic carboxylic acids is 1. The van der Waals surface area contributed by atoms with Gasteiger partial charge in [-0.1, -0.05) is 0 Å². The molecule has 0 rings (SSSR count). The number of hydrogen-bond acceptors (Lipinski definition) is 2. The van der Waals surface area contributed by atoms with E-state index in [-0.39, 0.29) is 74.4 Å². The minimum atomic E-state index is -1.83. The Hall–Kier alpha value is 1.14. The van der Waals surface area contributed by atoms with E-state index in [0.29, 0.717) is 0 Å². The molecule has 0 aliphatic heterocycles. The summed E-state index contributed by atoms with van der Waals surface area (Å²) in [5.41, 5.74) is 0. The van der Waals surface area contributed by atoms with Gasteiger partial charge in [-0.3, -0.25) is 4.79 Å². The second-order valence-corrected chi connectivity index (χ2v) is 0.802. The zero-order valence-corrected chi connectivity index (χ0v) is 4.16. The fourth-order valence-electron chi connectivity index (χ4n) is 0. The van der Waals surface area contributed by atoms with Gasteiger partial charge in [-0.05, 0) is 0 Å². The Bertz CT molecular complexity index is 74.9. The SMILES string of the molecule is CC(=O)O.O=C(O)O.[KH].[MgH2]. The maximum absolute atomic E-state index is 9.00. The molecule has 0 atom stereocenters. The summed E-state index contributed by atoms with van der Waals surface area (Å²) < 4.78 is 0. The molecule has 0 aromatic carbocycles. The number of carbonyl (C=O) groups is 2. The first-order valence-electron chi connectivity index (χ1n) is 1.58. The van der Waals surface area contributed by atoms with Gasteiger partial charge in [-0.15, -0.1) is 0 Å². The third-order valence-corrected chi connectivity index (χ3v) is 0. The molecular formula is C3H9KMgO5. The molecule has 0 saturated carbocycles. The molecule has 0 bridgehead atoms. The molecule has 0 aliphatic rings. The second kappa shape index (κ2) is 16.6. The van der Waals surface area contributed by atoms with Crippen molar-refractivity contribution in [2.45, 2.75) is 6.92 Å². The van der Waals surface area contributed by atoms with E-state index in [4.69, 9.17) is 24.9 Å². The predicted molar refractivity (Wildman–Crippen MR) is 39.7 cm³/mol. The smallest absolute Gasteiger partial charge is 0.316 e. The van der Waals surface area contributed by atoms with Gasteiger partial charge in [0.1, 0.15) is 0 Å². The maximum Gasteiger partial charge on any atom is 0.316 e. The molecule has 0 aromatic heterocycles. The molecule has 7 heteroatoms. The molecule has 0 radical (unpaired) electrons. The third kappa shape index (κ3) is 464. The average molecular weight is 189 g/mol. The number of hydrogen-bond donors (Lipinski definition) is 3. The van der Waals surface area contributed by atoms with E-state index in [1.807, 2.05) is 0 Å². The number of rotatable bonds is 0. The normalized spacial score (nSPS) is 4.90. The van der Waals surface area contributed by atoms with E-state index in [1.54, 1.807) is 0 Å². The summed E-state index contributed by atoms with van der Waals surface area (Å²) in [5, 5.41) is 21.4. The summed E-state index contributed by atoms with van der Waals surface area (Å²) in [7, 11) is 0. The van der Waals surface area contributed by atoms with Gasteiger partial charge in [0.05, 0.1) is 0 Å². The van der Waals surface area contributed by atoms with Crippen LogP contribution in [0, 0.1) is 0 Å². The van der Waals surface area contributed by atoms with Gasteiger partial charge in [0.2, 0.25) is 0 Å². The van der Waals surface area contributed by atoms with Crippen molar-refractivity contribution in [1.82, 2.24) is 0 Å². The largest absolute Gasteiger partial charge is 0.316 e. The Kier molecular flexibility index (Phi) is 37.3. The Morgan fingerprint density at radius 2 is 1.10 bits per heavy atom. The van der Waals surface area contributed by atoms with Crippen molar-refractivity contribution in [3.8, 4) is 0 Å². The Balaban J connectivity index is -0.0000000300. The summed E-state index contributed by atoms with van der Waals surface area (Å²) >= 11 is 0. The summed E-state index contributed by atoms with van der Waals surface area (Å²) in [6.07, 6.45) is -1.83. The van der Waals surface area contributed by atoms with Crippen LogP contribution in [0.2, 0.25) is 0 Å². The molecule has 0 aliphatic carbocycles. The molecule has 54 valence electrons. The Morgan fingerprint density at radius 3 is 1.10 bits per heavy atom. The van der Waals surface area contributed by atoms with Crippen LogP contribution >= 0.6 is 0 Å². The van der Waals surface area contributed by atoms with Crippen molar-refractivity contribution >= 4 is 86.6 Å². The summed E-state index contributed by atoms with van der Waals surface area (Å²) in [6.45, 7) is 1.08. The van der Waals surface area contributed by atoms with Crippen molar-refractivity contribution in [2.75, 3.05) is 0 Å². The van der Waals surface area contributed by atoms with E-state index < -0.39 is 12.1 Å². The van der Waals surface area contributed by atoms with Gasteiger partial charge in [0.25, 0.3) is 5.97 Å². The molecule has 5 nitrogen and oxygen atoms in total. The van der Waals surface area contributed by atoms with Crippen LogP contribution in [0.15, 0.2) is 0 Å². The molecule has 0 fully saturated rings. The van der Waals surface area contributed by atoms with Crippen LogP contribution in [-0.2, 0) is 4.79 Å². The van der Waals surface area contributed by atoms with E-state index in [2.05, 4.69) is 0 Å².